The zero-order valence-corrected chi connectivity index (χ0v) is 6.48. The van der Waals surface area contributed by atoms with Crippen LogP contribution in [0.25, 0.3) is 0 Å². The monoisotopic (exact) mass is 124 g/mol. The van der Waals surface area contributed by atoms with Crippen molar-refractivity contribution in [2.45, 2.75) is 39.5 Å². The van der Waals surface area contributed by atoms with E-state index in [0.717, 1.165) is 11.3 Å². The standard InChI is InChI=1S/C9H16/c1-3-7-5-9(4-2)6-8(7)9/h7-8H,3-6H2,1-2H3. The fourth-order valence-corrected chi connectivity index (χ4v) is 2.76. The molecule has 0 heterocycles. The Bertz CT molecular complexity index is 128. The molecule has 0 aliphatic heterocycles. The molecule has 0 aromatic heterocycles. The first-order valence-corrected chi connectivity index (χ1v) is 4.32. The third-order valence-corrected chi connectivity index (χ3v) is 3.72. The quantitative estimate of drug-likeness (QED) is 0.531. The molecule has 9 heavy (non-hydrogen) atoms. The molecular weight excluding hydrogens is 108 g/mol. The van der Waals surface area contributed by atoms with Gasteiger partial charge in [-0.2, -0.15) is 0 Å². The molecule has 2 rings (SSSR count). The number of hydrogen-bond donors (Lipinski definition) is 0. The van der Waals surface area contributed by atoms with Crippen LogP contribution >= 0.6 is 0 Å². The summed E-state index contributed by atoms with van der Waals surface area (Å²) in [6, 6.07) is 0. The molecule has 0 heteroatoms. The number of hydrogen-bond acceptors (Lipinski definition) is 0. The van der Waals surface area contributed by atoms with Crippen LogP contribution in [0.15, 0.2) is 0 Å². The summed E-state index contributed by atoms with van der Waals surface area (Å²) in [6.07, 6.45) is 6.02. The normalized spacial score (nSPS) is 54.0. The molecule has 0 N–H and O–H groups in total. The Kier molecular flexibility index (Phi) is 0.980. The molecule has 3 unspecified atom stereocenters. The van der Waals surface area contributed by atoms with Gasteiger partial charge in [0.2, 0.25) is 0 Å². The van der Waals surface area contributed by atoms with Crippen molar-refractivity contribution in [1.29, 1.82) is 0 Å². The van der Waals surface area contributed by atoms with Gasteiger partial charge in [-0.1, -0.05) is 26.7 Å². The van der Waals surface area contributed by atoms with Gasteiger partial charge in [0.25, 0.3) is 0 Å². The van der Waals surface area contributed by atoms with Gasteiger partial charge >= 0.3 is 0 Å². The molecule has 2 fully saturated rings. The van der Waals surface area contributed by atoms with Gasteiger partial charge in [-0.25, -0.2) is 0 Å². The van der Waals surface area contributed by atoms with Gasteiger partial charge in [0.05, 0.1) is 0 Å². The molecule has 0 saturated heterocycles. The van der Waals surface area contributed by atoms with Gasteiger partial charge in [0, 0.05) is 0 Å². The van der Waals surface area contributed by atoms with E-state index in [2.05, 4.69) is 13.8 Å². The second kappa shape index (κ2) is 1.53. The molecule has 0 aromatic carbocycles. The second-order valence-electron chi connectivity index (χ2n) is 3.90. The summed E-state index contributed by atoms with van der Waals surface area (Å²) in [7, 11) is 0. The van der Waals surface area contributed by atoms with E-state index < -0.39 is 0 Å². The minimum Gasteiger partial charge on any atom is -0.0651 e. The fourth-order valence-electron chi connectivity index (χ4n) is 2.76. The average Bonchev–Trinajstić information content (AvgIpc) is 2.41. The molecule has 0 spiro atoms. The van der Waals surface area contributed by atoms with Gasteiger partial charge in [0.15, 0.2) is 0 Å². The summed E-state index contributed by atoms with van der Waals surface area (Å²) in [6.45, 7) is 4.69. The predicted molar refractivity (Wildman–Crippen MR) is 39.2 cm³/mol. The molecule has 2 saturated carbocycles. The number of fused-ring (bicyclic) bond motifs is 1. The highest BCUT2D eigenvalue weighted by atomic mass is 14.7. The third kappa shape index (κ3) is 0.544. The van der Waals surface area contributed by atoms with Crippen LogP contribution in [0.2, 0.25) is 0 Å². The van der Waals surface area contributed by atoms with E-state index in [4.69, 9.17) is 0 Å². The van der Waals surface area contributed by atoms with Gasteiger partial charge < -0.3 is 0 Å². The van der Waals surface area contributed by atoms with Gasteiger partial charge in [-0.05, 0) is 30.1 Å². The first kappa shape index (κ1) is 5.76. The van der Waals surface area contributed by atoms with Crippen LogP contribution in [-0.2, 0) is 0 Å². The summed E-state index contributed by atoms with van der Waals surface area (Å²) in [5.41, 5.74) is 0.903. The van der Waals surface area contributed by atoms with E-state index in [1.807, 2.05) is 0 Å². The van der Waals surface area contributed by atoms with Gasteiger partial charge in [-0.15, -0.1) is 0 Å². The topological polar surface area (TPSA) is 0 Å². The molecule has 3 atom stereocenters. The zero-order valence-electron chi connectivity index (χ0n) is 6.48. The van der Waals surface area contributed by atoms with E-state index in [0.29, 0.717) is 0 Å². The van der Waals surface area contributed by atoms with Gasteiger partial charge in [0.1, 0.15) is 0 Å². The average molecular weight is 124 g/mol. The minimum absolute atomic E-state index is 0.903. The van der Waals surface area contributed by atoms with Crippen molar-refractivity contribution in [1.82, 2.24) is 0 Å². The Hall–Kier alpha value is 0. The number of rotatable bonds is 2. The molecule has 0 aromatic rings. The summed E-state index contributed by atoms with van der Waals surface area (Å²) in [4.78, 5) is 0. The highest BCUT2D eigenvalue weighted by Crippen LogP contribution is 2.73. The first-order chi connectivity index (χ1) is 4.32. The summed E-state index contributed by atoms with van der Waals surface area (Å²) >= 11 is 0. The lowest BCUT2D eigenvalue weighted by molar-refractivity contribution is 0.168. The molecule has 0 radical (unpaired) electrons. The van der Waals surface area contributed by atoms with Crippen molar-refractivity contribution in [3.05, 3.63) is 0 Å². The minimum atomic E-state index is 0.903. The Balaban J connectivity index is 1.92. The molecule has 2 aliphatic carbocycles. The lowest BCUT2D eigenvalue weighted by atomic mass is 9.72. The van der Waals surface area contributed by atoms with E-state index in [-0.39, 0.29) is 0 Å². The SMILES string of the molecule is CCC1CC2(CC)CC12. The first-order valence-electron chi connectivity index (χ1n) is 4.32. The molecule has 2 aliphatic rings. The maximum Gasteiger partial charge on any atom is -0.0263 e. The summed E-state index contributed by atoms with van der Waals surface area (Å²) in [5.74, 6) is 2.30. The lowest BCUT2D eigenvalue weighted by Gasteiger charge is -2.33. The Labute approximate surface area is 57.6 Å². The Morgan fingerprint density at radius 3 is 2.44 bits per heavy atom. The van der Waals surface area contributed by atoms with Gasteiger partial charge in [-0.3, -0.25) is 0 Å². The van der Waals surface area contributed by atoms with Crippen LogP contribution in [0.5, 0.6) is 0 Å². The highest BCUT2D eigenvalue weighted by Gasteiger charge is 2.64. The van der Waals surface area contributed by atoms with Crippen molar-refractivity contribution in [2.24, 2.45) is 17.3 Å². The molecular formula is C9H16. The zero-order chi connectivity index (χ0) is 6.48. The van der Waals surface area contributed by atoms with E-state index in [1.54, 1.807) is 12.8 Å². The third-order valence-electron chi connectivity index (χ3n) is 3.72. The maximum atomic E-state index is 2.35. The van der Waals surface area contributed by atoms with E-state index >= 15 is 0 Å². The van der Waals surface area contributed by atoms with E-state index in [1.165, 1.54) is 18.8 Å². The highest BCUT2D eigenvalue weighted by molar-refractivity contribution is 5.13. The van der Waals surface area contributed by atoms with Crippen molar-refractivity contribution in [2.75, 3.05) is 0 Å². The van der Waals surface area contributed by atoms with Crippen LogP contribution in [0, 0.1) is 17.3 Å². The summed E-state index contributed by atoms with van der Waals surface area (Å²) in [5, 5.41) is 0. The molecule has 0 nitrogen and oxygen atoms in total. The second-order valence-corrected chi connectivity index (χ2v) is 3.90. The van der Waals surface area contributed by atoms with Crippen LogP contribution in [0.4, 0.5) is 0 Å². The molecule has 0 amide bonds. The Morgan fingerprint density at radius 2 is 2.11 bits per heavy atom. The predicted octanol–water partition coefficient (Wildman–Crippen LogP) is 2.83. The van der Waals surface area contributed by atoms with E-state index in [9.17, 15) is 0 Å². The van der Waals surface area contributed by atoms with Crippen LogP contribution in [-0.4, -0.2) is 0 Å². The summed E-state index contributed by atoms with van der Waals surface area (Å²) < 4.78 is 0. The Morgan fingerprint density at radius 1 is 1.33 bits per heavy atom. The van der Waals surface area contributed by atoms with Crippen LogP contribution in [0.1, 0.15) is 39.5 Å². The fraction of sp³-hybridized carbons (Fsp3) is 1.00. The van der Waals surface area contributed by atoms with Crippen molar-refractivity contribution in [3.8, 4) is 0 Å². The molecule has 52 valence electrons. The van der Waals surface area contributed by atoms with Crippen LogP contribution < -0.4 is 0 Å². The van der Waals surface area contributed by atoms with Crippen LogP contribution in [0.3, 0.4) is 0 Å². The largest absolute Gasteiger partial charge is 0.0651 e. The van der Waals surface area contributed by atoms with Crippen molar-refractivity contribution < 1.29 is 0 Å². The van der Waals surface area contributed by atoms with Crippen molar-refractivity contribution >= 4 is 0 Å². The maximum absolute atomic E-state index is 2.35. The molecule has 0 bridgehead atoms. The smallest absolute Gasteiger partial charge is 0.0263 e. The lowest BCUT2D eigenvalue weighted by Crippen LogP contribution is -2.24. The van der Waals surface area contributed by atoms with Crippen molar-refractivity contribution in [3.63, 3.8) is 0 Å².